The molecule has 0 spiro atoms. The number of nitrogens with one attached hydrogen (secondary N) is 2. The zero-order chi connectivity index (χ0) is 20.1. The van der Waals surface area contributed by atoms with Gasteiger partial charge >= 0.3 is 0 Å². The fourth-order valence-corrected chi connectivity index (χ4v) is 3.77. The molecule has 3 aromatic rings. The molecule has 2 amide bonds. The second-order valence-corrected chi connectivity index (χ2v) is 7.55. The third-order valence-corrected chi connectivity index (χ3v) is 5.30. The molecular weight excluding hydrogens is 388 g/mol. The molecule has 0 fully saturated rings. The van der Waals surface area contributed by atoms with Gasteiger partial charge in [0.1, 0.15) is 19.3 Å². The molecule has 6 nitrogen and oxygen atoms in total. The molecule has 0 radical (unpaired) electrons. The van der Waals surface area contributed by atoms with E-state index < -0.39 is 6.04 Å². The third-order valence-electron chi connectivity index (χ3n) is 4.43. The first-order valence-electron chi connectivity index (χ1n) is 9.26. The van der Waals surface area contributed by atoms with Crippen molar-refractivity contribution in [3.8, 4) is 11.5 Å². The number of benzene rings is 2. The number of thiophene rings is 1. The van der Waals surface area contributed by atoms with Gasteiger partial charge in [-0.05, 0) is 29.1 Å². The van der Waals surface area contributed by atoms with Crippen LogP contribution in [0.3, 0.4) is 0 Å². The molecule has 1 aliphatic rings. The number of hydrogen-bond acceptors (Lipinski definition) is 5. The number of hydrogen-bond donors (Lipinski definition) is 2. The van der Waals surface area contributed by atoms with E-state index in [0.29, 0.717) is 36.0 Å². The zero-order valence-corrected chi connectivity index (χ0v) is 16.4. The lowest BCUT2D eigenvalue weighted by Crippen LogP contribution is -2.37. The smallest absolute Gasteiger partial charge is 0.251 e. The van der Waals surface area contributed by atoms with Gasteiger partial charge in [-0.1, -0.05) is 36.4 Å². The number of fused-ring (bicyclic) bond motifs is 1. The average Bonchev–Trinajstić information content (AvgIpc) is 3.25. The second kappa shape index (κ2) is 8.79. The monoisotopic (exact) mass is 408 g/mol. The first-order valence-corrected chi connectivity index (χ1v) is 10.1. The summed E-state index contributed by atoms with van der Waals surface area (Å²) in [5.74, 6) is 0.705. The SMILES string of the molecule is O=C(Cc1cccs1)N[C@@H](C(=O)Nc1ccc2c(c1)OCCO2)c1ccccc1. The molecule has 29 heavy (non-hydrogen) atoms. The maximum Gasteiger partial charge on any atom is 0.251 e. The maximum absolute atomic E-state index is 13.0. The topological polar surface area (TPSA) is 76.7 Å². The predicted octanol–water partition coefficient (Wildman–Crippen LogP) is 3.56. The highest BCUT2D eigenvalue weighted by molar-refractivity contribution is 7.10. The van der Waals surface area contributed by atoms with Crippen LogP contribution in [0.15, 0.2) is 66.0 Å². The van der Waals surface area contributed by atoms with E-state index in [1.165, 1.54) is 11.3 Å². The predicted molar refractivity (Wildman–Crippen MR) is 111 cm³/mol. The van der Waals surface area contributed by atoms with Crippen molar-refractivity contribution in [1.82, 2.24) is 5.32 Å². The fourth-order valence-electron chi connectivity index (χ4n) is 3.06. The average molecular weight is 408 g/mol. The molecule has 1 aliphatic heterocycles. The van der Waals surface area contributed by atoms with Gasteiger partial charge in [-0.3, -0.25) is 9.59 Å². The van der Waals surface area contributed by atoms with E-state index in [9.17, 15) is 9.59 Å². The van der Waals surface area contributed by atoms with Crippen LogP contribution in [0.4, 0.5) is 5.69 Å². The molecule has 148 valence electrons. The Bertz CT molecular complexity index is 989. The summed E-state index contributed by atoms with van der Waals surface area (Å²) in [5, 5.41) is 7.64. The Morgan fingerprint density at radius 1 is 0.966 bits per heavy atom. The van der Waals surface area contributed by atoms with Crippen molar-refractivity contribution in [2.45, 2.75) is 12.5 Å². The Morgan fingerprint density at radius 2 is 1.76 bits per heavy atom. The van der Waals surface area contributed by atoms with E-state index in [2.05, 4.69) is 10.6 Å². The van der Waals surface area contributed by atoms with Crippen molar-refractivity contribution in [1.29, 1.82) is 0 Å². The summed E-state index contributed by atoms with van der Waals surface area (Å²) in [6.07, 6.45) is 0.234. The minimum atomic E-state index is -0.808. The van der Waals surface area contributed by atoms with Crippen LogP contribution in [-0.4, -0.2) is 25.0 Å². The highest BCUT2D eigenvalue weighted by Crippen LogP contribution is 2.33. The minimum absolute atomic E-state index is 0.210. The van der Waals surface area contributed by atoms with Crippen molar-refractivity contribution in [3.05, 3.63) is 76.5 Å². The highest BCUT2D eigenvalue weighted by Gasteiger charge is 2.23. The fraction of sp³-hybridized carbons (Fsp3) is 0.182. The number of rotatable bonds is 6. The quantitative estimate of drug-likeness (QED) is 0.654. The van der Waals surface area contributed by atoms with E-state index in [4.69, 9.17) is 9.47 Å². The van der Waals surface area contributed by atoms with E-state index >= 15 is 0 Å². The van der Waals surface area contributed by atoms with Gasteiger partial charge < -0.3 is 20.1 Å². The number of carbonyl (C=O) groups is 2. The second-order valence-electron chi connectivity index (χ2n) is 6.52. The lowest BCUT2D eigenvalue weighted by atomic mass is 10.1. The van der Waals surface area contributed by atoms with Gasteiger partial charge in [0.2, 0.25) is 5.91 Å². The van der Waals surface area contributed by atoms with Crippen LogP contribution in [0.2, 0.25) is 0 Å². The van der Waals surface area contributed by atoms with Gasteiger partial charge in [0.05, 0.1) is 6.42 Å². The van der Waals surface area contributed by atoms with Gasteiger partial charge in [-0.2, -0.15) is 0 Å². The summed E-state index contributed by atoms with van der Waals surface area (Å²) in [6, 6.07) is 17.4. The molecule has 4 rings (SSSR count). The van der Waals surface area contributed by atoms with Crippen LogP contribution >= 0.6 is 11.3 Å². The molecule has 0 saturated heterocycles. The Labute approximate surface area is 172 Å². The standard InChI is InChI=1S/C22H20N2O4S/c25-20(14-17-7-4-12-29-17)24-21(15-5-2-1-3-6-15)22(26)23-16-8-9-18-19(13-16)28-11-10-27-18/h1-9,12-13,21H,10-11,14H2,(H,23,26)(H,24,25)/t21-/m1/s1. The van der Waals surface area contributed by atoms with Crippen LogP contribution in [0.25, 0.3) is 0 Å². The number of ether oxygens (including phenoxy) is 2. The van der Waals surface area contributed by atoms with E-state index in [0.717, 1.165) is 4.88 Å². The van der Waals surface area contributed by atoms with E-state index in [1.807, 2.05) is 47.8 Å². The molecule has 0 saturated carbocycles. The summed E-state index contributed by atoms with van der Waals surface area (Å²) in [6.45, 7) is 0.973. The first-order chi connectivity index (χ1) is 14.2. The molecule has 2 heterocycles. The highest BCUT2D eigenvalue weighted by atomic mass is 32.1. The summed E-state index contributed by atoms with van der Waals surface area (Å²) < 4.78 is 11.1. The van der Waals surface area contributed by atoms with Crippen LogP contribution in [-0.2, 0) is 16.0 Å². The van der Waals surface area contributed by atoms with Crippen LogP contribution in [0.5, 0.6) is 11.5 Å². The number of amides is 2. The van der Waals surface area contributed by atoms with Crippen LogP contribution in [0.1, 0.15) is 16.5 Å². The molecule has 2 N–H and O–H groups in total. The maximum atomic E-state index is 13.0. The van der Waals surface area contributed by atoms with Crippen molar-refractivity contribution in [3.63, 3.8) is 0 Å². The first kappa shape index (κ1) is 19.0. The van der Waals surface area contributed by atoms with Gasteiger partial charge in [-0.25, -0.2) is 0 Å². The molecule has 0 bridgehead atoms. The molecule has 1 atom stereocenters. The zero-order valence-electron chi connectivity index (χ0n) is 15.6. The lowest BCUT2D eigenvalue weighted by molar-refractivity contribution is -0.126. The minimum Gasteiger partial charge on any atom is -0.486 e. The Kier molecular flexibility index (Phi) is 5.76. The van der Waals surface area contributed by atoms with E-state index in [1.54, 1.807) is 18.2 Å². The van der Waals surface area contributed by atoms with Crippen molar-refractivity contribution in [2.24, 2.45) is 0 Å². The van der Waals surface area contributed by atoms with Gasteiger partial charge in [-0.15, -0.1) is 11.3 Å². The molecule has 0 aliphatic carbocycles. The van der Waals surface area contributed by atoms with Crippen LogP contribution < -0.4 is 20.1 Å². The van der Waals surface area contributed by atoms with Gasteiger partial charge in [0.15, 0.2) is 11.5 Å². The van der Waals surface area contributed by atoms with Crippen molar-refractivity contribution < 1.29 is 19.1 Å². The molecule has 2 aromatic carbocycles. The van der Waals surface area contributed by atoms with Crippen molar-refractivity contribution >= 4 is 28.8 Å². The normalized spacial score (nSPS) is 13.4. The molecular formula is C22H20N2O4S. The molecule has 7 heteroatoms. The lowest BCUT2D eigenvalue weighted by Gasteiger charge is -2.21. The van der Waals surface area contributed by atoms with Crippen molar-refractivity contribution in [2.75, 3.05) is 18.5 Å². The number of carbonyl (C=O) groups excluding carboxylic acids is 2. The molecule has 0 unspecified atom stereocenters. The number of anilines is 1. The summed E-state index contributed by atoms with van der Waals surface area (Å²) in [5.41, 5.74) is 1.29. The molecule has 1 aromatic heterocycles. The summed E-state index contributed by atoms with van der Waals surface area (Å²) in [7, 11) is 0. The van der Waals surface area contributed by atoms with Crippen LogP contribution in [0, 0.1) is 0 Å². The summed E-state index contributed by atoms with van der Waals surface area (Å²) >= 11 is 1.51. The summed E-state index contributed by atoms with van der Waals surface area (Å²) in [4.78, 5) is 26.5. The third kappa shape index (κ3) is 4.75. The Balaban J connectivity index is 1.51. The largest absolute Gasteiger partial charge is 0.486 e. The van der Waals surface area contributed by atoms with Gasteiger partial charge in [0.25, 0.3) is 5.91 Å². The van der Waals surface area contributed by atoms with E-state index in [-0.39, 0.29) is 18.2 Å². The Morgan fingerprint density at radius 3 is 2.52 bits per heavy atom. The van der Waals surface area contributed by atoms with Gasteiger partial charge in [0, 0.05) is 16.6 Å². The Hall–Kier alpha value is -3.32.